The van der Waals surface area contributed by atoms with E-state index in [9.17, 15) is 4.57 Å². The van der Waals surface area contributed by atoms with Crippen LogP contribution in [0.5, 0.6) is 0 Å². The molecule has 0 N–H and O–H groups in total. The van der Waals surface area contributed by atoms with Gasteiger partial charge in [0.05, 0.1) is 25.9 Å². The molecule has 0 unspecified atom stereocenters. The molecular weight excluding hydrogens is 527 g/mol. The second-order valence-electron chi connectivity index (χ2n) is 11.8. The molecule has 8 heteroatoms. The Morgan fingerprint density at radius 1 is 0.872 bits per heavy atom. The van der Waals surface area contributed by atoms with Crippen LogP contribution in [0.25, 0.3) is 0 Å². The topological polar surface area (TPSA) is 63.2 Å². The number of ether oxygens (including phenoxy) is 2. The van der Waals surface area contributed by atoms with Crippen molar-refractivity contribution in [1.29, 1.82) is 0 Å². The number of rotatable bonds is 14. The largest absolute Gasteiger partial charge is 0.405 e. The van der Waals surface area contributed by atoms with Crippen molar-refractivity contribution in [3.63, 3.8) is 0 Å². The Morgan fingerprint density at radius 3 is 1.79 bits per heavy atom. The van der Waals surface area contributed by atoms with E-state index < -0.39 is 27.5 Å². The maximum atomic E-state index is 14.1. The molecule has 0 radical (unpaired) electrons. The highest BCUT2D eigenvalue weighted by Gasteiger charge is 2.52. The van der Waals surface area contributed by atoms with Crippen molar-refractivity contribution in [2.75, 3.05) is 19.8 Å². The fourth-order valence-corrected chi connectivity index (χ4v) is 11.9. The molecule has 2 aromatic carbocycles. The molecule has 0 spiro atoms. The Kier molecular flexibility index (Phi) is 11.6. The molecule has 1 saturated heterocycles. The molecule has 0 aliphatic carbocycles. The van der Waals surface area contributed by atoms with Gasteiger partial charge in [-0.15, -0.1) is 0 Å². The van der Waals surface area contributed by atoms with E-state index >= 15 is 0 Å². The number of hydrogen-bond acceptors (Lipinski definition) is 6. The standard InChI is InChI=1S/C31H49O6PSi/c1-8-10-22-33-38(32,34-23-11-9-2)29-24-26(36-31(6,7)37-29)25-35-39(30(3,4)5,27-18-14-12-15-19-27)28-20-16-13-17-21-28/h12-21,26,29H,8-11,22-25H2,1-7H3/t26-,29-/m0/s1. The summed E-state index contributed by atoms with van der Waals surface area (Å²) in [6.07, 6.45) is 3.56. The Bertz CT molecular complexity index is 987. The van der Waals surface area contributed by atoms with Crippen LogP contribution in [-0.2, 0) is 27.5 Å². The Morgan fingerprint density at radius 2 is 1.36 bits per heavy atom. The monoisotopic (exact) mass is 576 g/mol. The smallest absolute Gasteiger partial charge is 0.359 e. The van der Waals surface area contributed by atoms with Crippen molar-refractivity contribution >= 4 is 26.3 Å². The van der Waals surface area contributed by atoms with E-state index in [2.05, 4.69) is 83.1 Å². The minimum Gasteiger partial charge on any atom is -0.405 e. The second kappa shape index (κ2) is 14.0. The van der Waals surface area contributed by atoms with Gasteiger partial charge in [0.2, 0.25) is 0 Å². The van der Waals surface area contributed by atoms with Crippen molar-refractivity contribution in [2.45, 2.75) is 103 Å². The quantitative estimate of drug-likeness (QED) is 0.134. The Hall–Kier alpha value is -1.31. The maximum absolute atomic E-state index is 14.1. The van der Waals surface area contributed by atoms with Crippen molar-refractivity contribution in [3.8, 4) is 0 Å². The van der Waals surface area contributed by atoms with E-state index in [1.165, 1.54) is 10.4 Å². The van der Waals surface area contributed by atoms with E-state index in [0.29, 0.717) is 26.2 Å². The summed E-state index contributed by atoms with van der Waals surface area (Å²) in [7, 11) is -6.28. The summed E-state index contributed by atoms with van der Waals surface area (Å²) in [5, 5.41) is 2.27. The van der Waals surface area contributed by atoms with Crippen LogP contribution in [0.4, 0.5) is 0 Å². The SMILES string of the molecule is CCCCOP(=O)(OCCCC)[C@H]1C[C@@H](CO[Si](c2ccccc2)(c2ccccc2)C(C)(C)C)OC(C)(C)O1. The molecule has 39 heavy (non-hydrogen) atoms. The molecule has 0 aromatic heterocycles. The van der Waals surface area contributed by atoms with Gasteiger partial charge in [-0.3, -0.25) is 4.57 Å². The molecule has 1 fully saturated rings. The number of unbranched alkanes of at least 4 members (excludes halogenated alkanes) is 2. The number of benzene rings is 2. The minimum atomic E-state index is -3.53. The first-order chi connectivity index (χ1) is 18.5. The highest BCUT2D eigenvalue weighted by Crippen LogP contribution is 2.58. The van der Waals surface area contributed by atoms with Crippen LogP contribution in [0.2, 0.25) is 5.04 Å². The Balaban J connectivity index is 1.92. The van der Waals surface area contributed by atoms with E-state index in [4.69, 9.17) is 22.9 Å². The van der Waals surface area contributed by atoms with Crippen LogP contribution in [0.15, 0.2) is 60.7 Å². The first kappa shape index (κ1) is 32.2. The molecule has 3 rings (SSSR count). The average molecular weight is 577 g/mol. The summed E-state index contributed by atoms with van der Waals surface area (Å²) < 4.78 is 45.7. The van der Waals surface area contributed by atoms with E-state index in [1.54, 1.807) is 0 Å². The van der Waals surface area contributed by atoms with Crippen LogP contribution in [0.1, 0.15) is 80.6 Å². The van der Waals surface area contributed by atoms with Crippen molar-refractivity contribution in [2.24, 2.45) is 0 Å². The second-order valence-corrected chi connectivity index (χ2v) is 18.3. The van der Waals surface area contributed by atoms with Gasteiger partial charge < -0.3 is 22.9 Å². The summed E-state index contributed by atoms with van der Waals surface area (Å²) in [6, 6.07) is 21.1. The zero-order valence-corrected chi connectivity index (χ0v) is 26.9. The molecule has 218 valence electrons. The van der Waals surface area contributed by atoms with Gasteiger partial charge in [0.1, 0.15) is 0 Å². The average Bonchev–Trinajstić information content (AvgIpc) is 2.89. The molecule has 1 aliphatic heterocycles. The predicted molar refractivity (Wildman–Crippen MR) is 161 cm³/mol. The van der Waals surface area contributed by atoms with Crippen LogP contribution in [0.3, 0.4) is 0 Å². The van der Waals surface area contributed by atoms with Gasteiger partial charge in [-0.1, -0.05) is 108 Å². The Labute approximate surface area is 237 Å². The van der Waals surface area contributed by atoms with Gasteiger partial charge in [-0.2, -0.15) is 0 Å². The summed E-state index contributed by atoms with van der Waals surface area (Å²) in [5.41, 5.74) is 0. The third-order valence-electron chi connectivity index (χ3n) is 7.13. The molecule has 0 bridgehead atoms. The van der Waals surface area contributed by atoms with Gasteiger partial charge in [0.15, 0.2) is 11.6 Å². The summed E-state index contributed by atoms with van der Waals surface area (Å²) in [4.78, 5) is 0. The van der Waals surface area contributed by atoms with Crippen molar-refractivity contribution in [3.05, 3.63) is 60.7 Å². The van der Waals surface area contributed by atoms with E-state index in [0.717, 1.165) is 25.7 Å². The normalized spacial score (nSPS) is 20.2. The summed E-state index contributed by atoms with van der Waals surface area (Å²) in [5.74, 6) is -1.68. The molecule has 1 aliphatic rings. The molecule has 0 saturated carbocycles. The molecule has 0 amide bonds. The maximum Gasteiger partial charge on any atom is 0.359 e. The van der Waals surface area contributed by atoms with E-state index in [1.807, 2.05) is 26.0 Å². The van der Waals surface area contributed by atoms with Gasteiger partial charge in [-0.25, -0.2) is 0 Å². The highest BCUT2D eigenvalue weighted by atomic mass is 31.2. The van der Waals surface area contributed by atoms with Crippen LogP contribution in [0, 0.1) is 0 Å². The first-order valence-corrected chi connectivity index (χ1v) is 18.0. The molecule has 2 aromatic rings. The third kappa shape index (κ3) is 8.13. The van der Waals surface area contributed by atoms with Gasteiger partial charge in [0.25, 0.3) is 8.32 Å². The van der Waals surface area contributed by atoms with Gasteiger partial charge >= 0.3 is 7.60 Å². The zero-order valence-electron chi connectivity index (χ0n) is 25.0. The first-order valence-electron chi connectivity index (χ1n) is 14.5. The molecular formula is C31H49O6PSi. The lowest BCUT2D eigenvalue weighted by Crippen LogP contribution is -2.67. The van der Waals surface area contributed by atoms with Gasteiger partial charge in [-0.05, 0) is 42.1 Å². The predicted octanol–water partition coefficient (Wildman–Crippen LogP) is 7.26. The van der Waals surface area contributed by atoms with Crippen molar-refractivity contribution in [1.82, 2.24) is 0 Å². The third-order valence-corrected chi connectivity index (χ3v) is 14.2. The minimum absolute atomic E-state index is 0.155. The van der Waals surface area contributed by atoms with Crippen molar-refractivity contribution < 1.29 is 27.5 Å². The van der Waals surface area contributed by atoms with Crippen LogP contribution in [-0.4, -0.2) is 45.9 Å². The lowest BCUT2D eigenvalue weighted by Gasteiger charge is -2.46. The van der Waals surface area contributed by atoms with E-state index in [-0.39, 0.29) is 11.1 Å². The van der Waals surface area contributed by atoms with Crippen LogP contribution >= 0.6 is 7.60 Å². The zero-order chi connectivity index (χ0) is 28.6. The lowest BCUT2D eigenvalue weighted by atomic mass is 10.2. The van der Waals surface area contributed by atoms with Crippen LogP contribution < -0.4 is 10.4 Å². The fourth-order valence-electron chi connectivity index (χ4n) is 5.23. The molecule has 1 heterocycles. The molecule has 6 nitrogen and oxygen atoms in total. The summed E-state index contributed by atoms with van der Waals surface area (Å²) >= 11 is 0. The summed E-state index contributed by atoms with van der Waals surface area (Å²) in [6.45, 7) is 15.8. The fraction of sp³-hybridized carbons (Fsp3) is 0.613. The number of hydrogen-bond donors (Lipinski definition) is 0. The molecule has 2 atom stereocenters. The lowest BCUT2D eigenvalue weighted by molar-refractivity contribution is -0.290. The van der Waals surface area contributed by atoms with Gasteiger partial charge in [0, 0.05) is 6.42 Å². The highest BCUT2D eigenvalue weighted by molar-refractivity contribution is 7.54.